The van der Waals surface area contributed by atoms with E-state index >= 15 is 0 Å². The zero-order chi connectivity index (χ0) is 12.3. The normalized spacial score (nSPS) is 10.2. The second-order valence-corrected chi connectivity index (χ2v) is 4.33. The van der Waals surface area contributed by atoms with Crippen molar-refractivity contribution in [1.29, 1.82) is 0 Å². The highest BCUT2D eigenvalue weighted by Gasteiger charge is 2.06. The Hall–Kier alpha value is -1.46. The van der Waals surface area contributed by atoms with E-state index in [2.05, 4.69) is 9.97 Å². The average Bonchev–Trinajstić information content (AvgIpc) is 2.31. The van der Waals surface area contributed by atoms with Crippen LogP contribution in [0.25, 0.3) is 0 Å². The van der Waals surface area contributed by atoms with Crippen LogP contribution in [0, 0.1) is 0 Å². The quantitative estimate of drug-likeness (QED) is 0.683. The summed E-state index contributed by atoms with van der Waals surface area (Å²) in [5, 5.41) is 1.09. The summed E-state index contributed by atoms with van der Waals surface area (Å²) in [4.78, 5) is 8.21. The third-order valence-corrected chi connectivity index (χ3v) is 2.80. The third kappa shape index (κ3) is 3.01. The fourth-order valence-corrected chi connectivity index (χ4v) is 1.76. The van der Waals surface area contributed by atoms with Gasteiger partial charge < -0.3 is 10.5 Å². The number of nitrogen functional groups attached to an aromatic ring is 1. The molecule has 0 atom stereocenters. The van der Waals surface area contributed by atoms with Gasteiger partial charge >= 0.3 is 0 Å². The maximum Gasteiger partial charge on any atom is 0.225 e. The SMILES string of the molecule is CSc1nc(N)cc(Oc2ccccc2Cl)n1. The van der Waals surface area contributed by atoms with Crippen LogP contribution in [0.15, 0.2) is 35.5 Å². The van der Waals surface area contributed by atoms with Crippen LogP contribution in [0.1, 0.15) is 0 Å². The number of nitrogens with zero attached hydrogens (tertiary/aromatic N) is 2. The van der Waals surface area contributed by atoms with E-state index in [0.29, 0.717) is 27.6 Å². The van der Waals surface area contributed by atoms with E-state index in [-0.39, 0.29) is 0 Å². The molecule has 0 spiro atoms. The number of ether oxygens (including phenoxy) is 1. The van der Waals surface area contributed by atoms with Gasteiger partial charge in [-0.3, -0.25) is 0 Å². The average molecular weight is 268 g/mol. The Bertz CT molecular complexity index is 536. The number of rotatable bonds is 3. The topological polar surface area (TPSA) is 61.0 Å². The first-order chi connectivity index (χ1) is 8.19. The van der Waals surface area contributed by atoms with Crippen LogP contribution in [0.3, 0.4) is 0 Å². The number of aromatic nitrogens is 2. The van der Waals surface area contributed by atoms with Crippen LogP contribution in [0.5, 0.6) is 11.6 Å². The molecule has 0 saturated heterocycles. The minimum absolute atomic E-state index is 0.367. The first kappa shape index (κ1) is 12.0. The van der Waals surface area contributed by atoms with Crippen LogP contribution >= 0.6 is 23.4 Å². The highest BCUT2D eigenvalue weighted by Crippen LogP contribution is 2.29. The Morgan fingerprint density at radius 3 is 2.76 bits per heavy atom. The number of halogens is 1. The molecule has 1 aromatic heterocycles. The van der Waals surface area contributed by atoms with Gasteiger partial charge in [-0.25, -0.2) is 4.98 Å². The molecule has 0 bridgehead atoms. The lowest BCUT2D eigenvalue weighted by Gasteiger charge is -2.07. The molecule has 17 heavy (non-hydrogen) atoms. The van der Waals surface area contributed by atoms with Crippen molar-refractivity contribution in [3.05, 3.63) is 35.4 Å². The van der Waals surface area contributed by atoms with Crippen LogP contribution in [0.4, 0.5) is 5.82 Å². The zero-order valence-electron chi connectivity index (χ0n) is 9.05. The predicted octanol–water partition coefficient (Wildman–Crippen LogP) is 3.23. The van der Waals surface area contributed by atoms with Crippen molar-refractivity contribution >= 4 is 29.2 Å². The molecule has 0 amide bonds. The van der Waals surface area contributed by atoms with Crippen LogP contribution in [0.2, 0.25) is 5.02 Å². The zero-order valence-corrected chi connectivity index (χ0v) is 10.6. The van der Waals surface area contributed by atoms with E-state index in [1.54, 1.807) is 18.2 Å². The maximum atomic E-state index is 5.98. The first-order valence-electron chi connectivity index (χ1n) is 4.80. The molecule has 1 heterocycles. The lowest BCUT2D eigenvalue weighted by molar-refractivity contribution is 0.456. The molecule has 0 aliphatic heterocycles. The van der Waals surface area contributed by atoms with E-state index < -0.39 is 0 Å². The van der Waals surface area contributed by atoms with Crippen molar-refractivity contribution in [2.24, 2.45) is 0 Å². The third-order valence-electron chi connectivity index (χ3n) is 1.94. The number of hydrogen-bond donors (Lipinski definition) is 1. The van der Waals surface area contributed by atoms with Crippen molar-refractivity contribution in [3.8, 4) is 11.6 Å². The minimum atomic E-state index is 0.367. The van der Waals surface area contributed by atoms with Gasteiger partial charge in [0.2, 0.25) is 5.88 Å². The van der Waals surface area contributed by atoms with Gasteiger partial charge in [0.1, 0.15) is 11.6 Å². The number of benzene rings is 1. The van der Waals surface area contributed by atoms with Gasteiger partial charge in [0.15, 0.2) is 5.16 Å². The number of thioether (sulfide) groups is 1. The molecule has 2 N–H and O–H groups in total. The molecule has 4 nitrogen and oxygen atoms in total. The van der Waals surface area contributed by atoms with E-state index in [9.17, 15) is 0 Å². The van der Waals surface area contributed by atoms with Crippen molar-refractivity contribution in [3.63, 3.8) is 0 Å². The standard InChI is InChI=1S/C11H10ClN3OS/c1-17-11-14-9(13)6-10(15-11)16-8-5-3-2-4-7(8)12/h2-6H,1H3,(H2,13,14,15). The van der Waals surface area contributed by atoms with Gasteiger partial charge in [-0.1, -0.05) is 35.5 Å². The van der Waals surface area contributed by atoms with Gasteiger partial charge in [-0.05, 0) is 18.4 Å². The number of hydrogen-bond acceptors (Lipinski definition) is 5. The summed E-state index contributed by atoms with van der Waals surface area (Å²) in [6.07, 6.45) is 1.87. The molecule has 0 aliphatic carbocycles. The van der Waals surface area contributed by atoms with Crippen molar-refractivity contribution < 1.29 is 4.74 Å². The van der Waals surface area contributed by atoms with Crippen LogP contribution in [-0.2, 0) is 0 Å². The van der Waals surface area contributed by atoms with Gasteiger partial charge in [0, 0.05) is 6.07 Å². The molecule has 88 valence electrons. The fourth-order valence-electron chi connectivity index (χ4n) is 1.20. The molecular weight excluding hydrogens is 258 g/mol. The highest BCUT2D eigenvalue weighted by molar-refractivity contribution is 7.98. The second-order valence-electron chi connectivity index (χ2n) is 3.15. The highest BCUT2D eigenvalue weighted by atomic mass is 35.5. The summed E-state index contributed by atoms with van der Waals surface area (Å²) in [5.74, 6) is 1.29. The second kappa shape index (κ2) is 5.25. The molecule has 0 unspecified atom stereocenters. The number of para-hydroxylation sites is 1. The van der Waals surface area contributed by atoms with Crippen LogP contribution < -0.4 is 10.5 Å². The van der Waals surface area contributed by atoms with E-state index in [0.717, 1.165) is 0 Å². The lowest BCUT2D eigenvalue weighted by atomic mass is 10.3. The smallest absolute Gasteiger partial charge is 0.225 e. The Morgan fingerprint density at radius 2 is 2.06 bits per heavy atom. The summed E-state index contributed by atoms with van der Waals surface area (Å²) in [5.41, 5.74) is 5.65. The largest absolute Gasteiger partial charge is 0.437 e. The van der Waals surface area contributed by atoms with Crippen molar-refractivity contribution in [2.45, 2.75) is 5.16 Å². The number of anilines is 1. The van der Waals surface area contributed by atoms with Gasteiger partial charge in [-0.15, -0.1) is 0 Å². The monoisotopic (exact) mass is 267 g/mol. The Labute approximate surface area is 108 Å². The Kier molecular flexibility index (Phi) is 3.71. The molecule has 0 radical (unpaired) electrons. The van der Waals surface area contributed by atoms with Gasteiger partial charge in [-0.2, -0.15) is 4.98 Å². The van der Waals surface area contributed by atoms with Gasteiger partial charge in [0.25, 0.3) is 0 Å². The molecule has 2 rings (SSSR count). The Morgan fingerprint density at radius 1 is 1.29 bits per heavy atom. The number of nitrogens with two attached hydrogens (primary N) is 1. The summed E-state index contributed by atoms with van der Waals surface area (Å²) in [7, 11) is 0. The first-order valence-corrected chi connectivity index (χ1v) is 6.40. The van der Waals surface area contributed by atoms with Crippen LogP contribution in [-0.4, -0.2) is 16.2 Å². The molecule has 1 aromatic carbocycles. The van der Waals surface area contributed by atoms with Crippen molar-refractivity contribution in [1.82, 2.24) is 9.97 Å². The molecular formula is C11H10ClN3OS. The predicted molar refractivity (Wildman–Crippen MR) is 69.8 cm³/mol. The van der Waals surface area contributed by atoms with E-state index in [1.807, 2.05) is 18.4 Å². The van der Waals surface area contributed by atoms with E-state index in [4.69, 9.17) is 22.1 Å². The van der Waals surface area contributed by atoms with Gasteiger partial charge in [0.05, 0.1) is 5.02 Å². The summed E-state index contributed by atoms with van der Waals surface area (Å²) in [6, 6.07) is 8.73. The maximum absolute atomic E-state index is 5.98. The molecule has 2 aromatic rings. The summed E-state index contributed by atoms with van der Waals surface area (Å²) < 4.78 is 5.56. The fraction of sp³-hybridized carbons (Fsp3) is 0.0909. The van der Waals surface area contributed by atoms with E-state index in [1.165, 1.54) is 11.8 Å². The Balaban J connectivity index is 2.30. The summed E-state index contributed by atoms with van der Waals surface area (Å²) >= 11 is 7.38. The lowest BCUT2D eigenvalue weighted by Crippen LogP contribution is -1.97. The molecule has 0 saturated carbocycles. The molecule has 0 aliphatic rings. The van der Waals surface area contributed by atoms with Crippen molar-refractivity contribution in [2.75, 3.05) is 12.0 Å². The molecule has 0 fully saturated rings. The molecule has 6 heteroatoms. The minimum Gasteiger partial charge on any atom is -0.437 e. The summed E-state index contributed by atoms with van der Waals surface area (Å²) in [6.45, 7) is 0.